The molecule has 0 amide bonds. The molecule has 0 saturated carbocycles. The van der Waals surface area contributed by atoms with Crippen molar-refractivity contribution in [2.45, 2.75) is 6.92 Å². The molecule has 0 atom stereocenters. The topological polar surface area (TPSA) is 69.5 Å². The number of aromatic amines is 1. The molecule has 0 unspecified atom stereocenters. The van der Waals surface area contributed by atoms with Gasteiger partial charge in [-0.25, -0.2) is 0 Å². The van der Waals surface area contributed by atoms with Gasteiger partial charge in [0.05, 0.1) is 17.1 Å². The third-order valence-electron chi connectivity index (χ3n) is 2.17. The average molecular weight is 185 g/mol. The Kier molecular flexibility index (Phi) is 1.79. The molecule has 1 N–H and O–H groups in total. The second-order valence-corrected chi connectivity index (χ2v) is 3.05. The molecule has 0 spiro atoms. The molecule has 0 aliphatic carbocycles. The number of nitrogens with zero attached hydrogens (tertiary/aromatic N) is 2. The molecule has 2 aromatic rings. The average Bonchev–Trinajstić information content (AvgIpc) is 2.58. The van der Waals surface area contributed by atoms with Crippen LogP contribution in [0.25, 0.3) is 10.9 Å². The minimum Gasteiger partial charge on any atom is -0.296 e. The summed E-state index contributed by atoms with van der Waals surface area (Å²) in [6.45, 7) is 1.84. The van der Waals surface area contributed by atoms with E-state index in [4.69, 9.17) is 5.26 Å². The Morgan fingerprint density at radius 1 is 1.57 bits per heavy atom. The molecular weight excluding hydrogens is 178 g/mol. The summed E-state index contributed by atoms with van der Waals surface area (Å²) < 4.78 is 0. The number of nitrogens with one attached hydrogen (secondary N) is 1. The van der Waals surface area contributed by atoms with Crippen molar-refractivity contribution >= 4 is 17.2 Å². The first kappa shape index (κ1) is 8.45. The van der Waals surface area contributed by atoms with Gasteiger partial charge in [-0.1, -0.05) is 0 Å². The van der Waals surface area contributed by atoms with E-state index in [9.17, 15) is 4.79 Å². The van der Waals surface area contributed by atoms with Crippen LogP contribution in [0.3, 0.4) is 0 Å². The highest BCUT2D eigenvalue weighted by Gasteiger charge is 2.07. The Hall–Kier alpha value is -2.15. The van der Waals surface area contributed by atoms with Gasteiger partial charge < -0.3 is 0 Å². The molecule has 0 fully saturated rings. The highest BCUT2D eigenvalue weighted by Crippen LogP contribution is 2.19. The Morgan fingerprint density at radius 2 is 2.36 bits per heavy atom. The Morgan fingerprint density at radius 3 is 3.00 bits per heavy atom. The number of rotatable bonds is 1. The van der Waals surface area contributed by atoms with E-state index in [1.807, 2.05) is 6.92 Å². The van der Waals surface area contributed by atoms with Crippen LogP contribution < -0.4 is 0 Å². The first-order valence-electron chi connectivity index (χ1n) is 4.10. The van der Waals surface area contributed by atoms with Crippen molar-refractivity contribution in [1.82, 2.24) is 10.2 Å². The number of aromatic nitrogens is 2. The molecule has 0 saturated heterocycles. The van der Waals surface area contributed by atoms with Crippen LogP contribution in [-0.4, -0.2) is 16.5 Å². The van der Waals surface area contributed by atoms with Gasteiger partial charge in [-0.15, -0.1) is 0 Å². The zero-order valence-electron chi connectivity index (χ0n) is 7.53. The molecule has 68 valence electrons. The predicted molar refractivity (Wildman–Crippen MR) is 50.9 cm³/mol. The summed E-state index contributed by atoms with van der Waals surface area (Å²) in [6.07, 6.45) is 0.700. The maximum Gasteiger partial charge on any atom is 0.168 e. The fraction of sp³-hybridized carbons (Fsp3) is 0.100. The van der Waals surface area contributed by atoms with E-state index in [1.54, 1.807) is 12.1 Å². The summed E-state index contributed by atoms with van der Waals surface area (Å²) in [6, 6.07) is 5.54. The summed E-state index contributed by atoms with van der Waals surface area (Å²) in [5.41, 5.74) is 2.56. The predicted octanol–water partition coefficient (Wildman–Crippen LogP) is 1.56. The van der Waals surface area contributed by atoms with E-state index >= 15 is 0 Å². The Balaban J connectivity index is 2.85. The lowest BCUT2D eigenvalue weighted by Gasteiger charge is -1.95. The number of fused-ring (bicyclic) bond motifs is 1. The van der Waals surface area contributed by atoms with Gasteiger partial charge in [-0.05, 0) is 24.6 Å². The molecule has 0 aliphatic rings. The lowest BCUT2D eigenvalue weighted by atomic mass is 10.1. The van der Waals surface area contributed by atoms with Crippen molar-refractivity contribution in [1.29, 1.82) is 5.26 Å². The molecule has 4 heteroatoms. The largest absolute Gasteiger partial charge is 0.296 e. The lowest BCUT2D eigenvalue weighted by Crippen LogP contribution is -1.83. The second kappa shape index (κ2) is 2.96. The molecule has 1 aromatic heterocycles. The minimum atomic E-state index is 0.413. The molecule has 0 radical (unpaired) electrons. The van der Waals surface area contributed by atoms with E-state index < -0.39 is 0 Å². The first-order valence-corrected chi connectivity index (χ1v) is 4.10. The zero-order chi connectivity index (χ0) is 10.1. The zero-order valence-corrected chi connectivity index (χ0v) is 7.53. The van der Waals surface area contributed by atoms with Crippen molar-refractivity contribution < 1.29 is 4.79 Å². The molecule has 0 aliphatic heterocycles. The standard InChI is InChI=1S/C10H7N3O/c1-6-2-9-8(3-7(6)4-11)10(5-14)13-12-9/h2-3,5H,1H3,(H,12,13). The highest BCUT2D eigenvalue weighted by atomic mass is 16.1. The first-order chi connectivity index (χ1) is 6.76. The van der Waals surface area contributed by atoms with Crippen LogP contribution in [0.5, 0.6) is 0 Å². The summed E-state index contributed by atoms with van der Waals surface area (Å²) >= 11 is 0. The van der Waals surface area contributed by atoms with Crippen molar-refractivity contribution in [3.05, 3.63) is 29.0 Å². The monoisotopic (exact) mass is 185 g/mol. The number of H-pyrrole nitrogens is 1. The van der Waals surface area contributed by atoms with E-state index in [2.05, 4.69) is 16.3 Å². The quantitative estimate of drug-likeness (QED) is 0.685. The summed E-state index contributed by atoms with van der Waals surface area (Å²) in [4.78, 5) is 10.6. The summed E-state index contributed by atoms with van der Waals surface area (Å²) in [5, 5.41) is 16.1. The molecule has 14 heavy (non-hydrogen) atoms. The molecular formula is C10H7N3O. The van der Waals surface area contributed by atoms with Gasteiger partial charge in [0, 0.05) is 5.39 Å². The van der Waals surface area contributed by atoms with E-state index in [0.717, 1.165) is 5.56 Å². The number of carbonyl (C=O) groups is 1. The minimum absolute atomic E-state index is 0.413. The van der Waals surface area contributed by atoms with E-state index in [-0.39, 0.29) is 0 Å². The van der Waals surface area contributed by atoms with Crippen LogP contribution in [0.4, 0.5) is 0 Å². The second-order valence-electron chi connectivity index (χ2n) is 3.05. The van der Waals surface area contributed by atoms with Crippen LogP contribution in [-0.2, 0) is 0 Å². The summed E-state index contributed by atoms with van der Waals surface area (Å²) in [5.74, 6) is 0. The third-order valence-corrected chi connectivity index (χ3v) is 2.17. The van der Waals surface area contributed by atoms with Crippen LogP contribution in [0.15, 0.2) is 12.1 Å². The van der Waals surface area contributed by atoms with E-state index in [1.165, 1.54) is 0 Å². The molecule has 4 nitrogen and oxygen atoms in total. The van der Waals surface area contributed by atoms with Crippen LogP contribution in [0.1, 0.15) is 21.6 Å². The number of hydrogen-bond donors (Lipinski definition) is 1. The van der Waals surface area contributed by atoms with Gasteiger partial charge in [0.15, 0.2) is 6.29 Å². The Bertz CT molecular complexity index is 548. The van der Waals surface area contributed by atoms with Gasteiger partial charge in [-0.3, -0.25) is 9.89 Å². The fourth-order valence-corrected chi connectivity index (χ4v) is 1.39. The molecule has 2 rings (SSSR count). The number of carbonyl (C=O) groups excluding carboxylic acids is 1. The van der Waals surface area contributed by atoms with Crippen LogP contribution >= 0.6 is 0 Å². The SMILES string of the molecule is Cc1cc2n[nH]c(C=O)c2cc1C#N. The van der Waals surface area contributed by atoms with Crippen molar-refractivity contribution in [2.24, 2.45) is 0 Å². The van der Waals surface area contributed by atoms with Gasteiger partial charge in [0.1, 0.15) is 5.69 Å². The maximum absolute atomic E-state index is 10.6. The number of aldehydes is 1. The molecule has 1 aromatic carbocycles. The number of nitriles is 1. The smallest absolute Gasteiger partial charge is 0.168 e. The molecule has 1 heterocycles. The number of benzene rings is 1. The number of hydrogen-bond acceptors (Lipinski definition) is 3. The normalized spacial score (nSPS) is 10.0. The van der Waals surface area contributed by atoms with Gasteiger partial charge in [-0.2, -0.15) is 10.4 Å². The van der Waals surface area contributed by atoms with Crippen molar-refractivity contribution in [3.8, 4) is 6.07 Å². The third kappa shape index (κ3) is 1.07. The van der Waals surface area contributed by atoms with Crippen LogP contribution in [0.2, 0.25) is 0 Å². The maximum atomic E-state index is 10.6. The summed E-state index contributed by atoms with van der Waals surface area (Å²) in [7, 11) is 0. The van der Waals surface area contributed by atoms with Gasteiger partial charge in [0.2, 0.25) is 0 Å². The van der Waals surface area contributed by atoms with Crippen molar-refractivity contribution in [3.63, 3.8) is 0 Å². The Labute approximate surface area is 80.2 Å². The van der Waals surface area contributed by atoms with Gasteiger partial charge in [0.25, 0.3) is 0 Å². The van der Waals surface area contributed by atoms with Gasteiger partial charge >= 0.3 is 0 Å². The molecule has 0 bridgehead atoms. The fourth-order valence-electron chi connectivity index (χ4n) is 1.39. The lowest BCUT2D eigenvalue weighted by molar-refractivity contribution is 0.112. The highest BCUT2D eigenvalue weighted by molar-refractivity contribution is 5.95. The van der Waals surface area contributed by atoms with Crippen LogP contribution in [0, 0.1) is 18.3 Å². The van der Waals surface area contributed by atoms with E-state index in [0.29, 0.717) is 28.4 Å². The number of aryl methyl sites for hydroxylation is 1. The van der Waals surface area contributed by atoms with Crippen molar-refractivity contribution in [2.75, 3.05) is 0 Å².